The van der Waals surface area contributed by atoms with Crippen LogP contribution in [0.3, 0.4) is 0 Å². The van der Waals surface area contributed by atoms with Gasteiger partial charge in [-0.25, -0.2) is 0 Å². The minimum atomic E-state index is -1.38. The van der Waals surface area contributed by atoms with Gasteiger partial charge in [0, 0.05) is 13.5 Å². The first-order chi connectivity index (χ1) is 8.43. The standard InChI is InChI=1S/C15H28O3Si/c1-9-11(19(6,7)8)15(9)10(2)17-13(14(3,4)5)18-12(15)16/h9-11,13H,1-8H3/t9-,10-,11?,13-,15-/m1/s1. The second-order valence-electron chi connectivity index (χ2n) is 8.45. The lowest BCUT2D eigenvalue weighted by molar-refractivity contribution is -0.260. The zero-order chi connectivity index (χ0) is 14.8. The molecule has 2 aliphatic rings. The van der Waals surface area contributed by atoms with Crippen molar-refractivity contribution in [2.24, 2.45) is 16.7 Å². The van der Waals surface area contributed by atoms with Gasteiger partial charge in [0.05, 0.1) is 11.5 Å². The van der Waals surface area contributed by atoms with Crippen molar-refractivity contribution in [2.75, 3.05) is 0 Å². The summed E-state index contributed by atoms with van der Waals surface area (Å²) in [5, 5.41) is 0. The van der Waals surface area contributed by atoms with Gasteiger partial charge in [-0.1, -0.05) is 47.3 Å². The first-order valence-electron chi connectivity index (χ1n) is 7.30. The summed E-state index contributed by atoms with van der Waals surface area (Å²) in [5.41, 5.74) is -0.0618. The second kappa shape index (κ2) is 4.07. The van der Waals surface area contributed by atoms with Crippen LogP contribution in [0.25, 0.3) is 0 Å². The van der Waals surface area contributed by atoms with E-state index in [1.54, 1.807) is 0 Å². The molecule has 0 amide bonds. The molecule has 1 aliphatic heterocycles. The maximum Gasteiger partial charge on any atom is 0.317 e. The number of hydrogen-bond donors (Lipinski definition) is 0. The van der Waals surface area contributed by atoms with E-state index in [9.17, 15) is 4.79 Å². The van der Waals surface area contributed by atoms with E-state index >= 15 is 0 Å². The smallest absolute Gasteiger partial charge is 0.317 e. The van der Waals surface area contributed by atoms with Gasteiger partial charge in [0.2, 0.25) is 6.29 Å². The van der Waals surface area contributed by atoms with Gasteiger partial charge in [0.15, 0.2) is 0 Å². The molecule has 19 heavy (non-hydrogen) atoms. The Kier molecular flexibility index (Phi) is 3.23. The average molecular weight is 284 g/mol. The molecule has 0 N–H and O–H groups in total. The molecule has 1 saturated carbocycles. The first kappa shape index (κ1) is 15.0. The van der Waals surface area contributed by atoms with Crippen molar-refractivity contribution in [2.45, 2.75) is 72.2 Å². The van der Waals surface area contributed by atoms with Crippen molar-refractivity contribution >= 4 is 14.0 Å². The lowest BCUT2D eigenvalue weighted by Crippen LogP contribution is -2.50. The van der Waals surface area contributed by atoms with E-state index in [0.717, 1.165) is 0 Å². The Hall–Kier alpha value is -0.353. The normalized spacial score (nSPS) is 43.3. The Bertz CT molecular complexity index is 393. The van der Waals surface area contributed by atoms with Gasteiger partial charge >= 0.3 is 5.97 Å². The molecule has 0 aromatic carbocycles. The molecule has 3 nitrogen and oxygen atoms in total. The molecule has 0 aromatic heterocycles. The summed E-state index contributed by atoms with van der Waals surface area (Å²) in [6.07, 6.45) is -0.458. The van der Waals surface area contributed by atoms with Crippen LogP contribution in [-0.2, 0) is 14.3 Å². The molecule has 1 heterocycles. The molecular formula is C15H28O3Si. The van der Waals surface area contributed by atoms with Crippen molar-refractivity contribution in [3.63, 3.8) is 0 Å². The Morgan fingerprint density at radius 2 is 1.68 bits per heavy atom. The number of carbonyl (C=O) groups excluding carboxylic acids is 1. The second-order valence-corrected chi connectivity index (χ2v) is 13.8. The molecule has 2 rings (SSSR count). The molecule has 4 heteroatoms. The van der Waals surface area contributed by atoms with Crippen molar-refractivity contribution in [1.29, 1.82) is 0 Å². The van der Waals surface area contributed by atoms with Crippen molar-refractivity contribution in [3.8, 4) is 0 Å². The van der Waals surface area contributed by atoms with Gasteiger partial charge in [-0.15, -0.1) is 0 Å². The molecule has 5 atom stereocenters. The topological polar surface area (TPSA) is 35.5 Å². The van der Waals surface area contributed by atoms with E-state index in [1.807, 2.05) is 20.8 Å². The fraction of sp³-hybridized carbons (Fsp3) is 0.933. The van der Waals surface area contributed by atoms with Gasteiger partial charge in [0.25, 0.3) is 0 Å². The first-order valence-corrected chi connectivity index (χ1v) is 10.9. The lowest BCUT2D eigenvalue weighted by atomic mass is 9.91. The third-order valence-corrected chi connectivity index (χ3v) is 7.71. The summed E-state index contributed by atoms with van der Waals surface area (Å²) in [5.74, 6) is 0.369. The monoisotopic (exact) mass is 284 g/mol. The van der Waals surface area contributed by atoms with E-state index < -0.39 is 14.4 Å². The largest absolute Gasteiger partial charge is 0.435 e. The van der Waals surface area contributed by atoms with E-state index in [2.05, 4.69) is 33.5 Å². The number of carbonyl (C=O) groups is 1. The quantitative estimate of drug-likeness (QED) is 0.544. The minimum absolute atomic E-state index is 0.0221. The zero-order valence-electron chi connectivity index (χ0n) is 13.5. The summed E-state index contributed by atoms with van der Waals surface area (Å²) >= 11 is 0. The molecule has 0 bridgehead atoms. The SMILES string of the molecule is C[C@@H]1C([Si](C)(C)C)[C@@]12C(=O)O[C@H](C(C)(C)C)O[C@@H]2C. The van der Waals surface area contributed by atoms with Gasteiger partial charge in [-0.3, -0.25) is 4.79 Å². The molecule has 1 unspecified atom stereocenters. The molecule has 1 aliphatic carbocycles. The third-order valence-electron chi connectivity index (χ3n) is 4.87. The Morgan fingerprint density at radius 3 is 2.00 bits per heavy atom. The lowest BCUT2D eigenvalue weighted by Gasteiger charge is -2.41. The summed E-state index contributed by atoms with van der Waals surface area (Å²) in [7, 11) is -1.38. The minimum Gasteiger partial charge on any atom is -0.435 e. The molecule has 0 radical (unpaired) electrons. The summed E-state index contributed by atoms with van der Waals surface area (Å²) in [4.78, 5) is 12.6. The number of ether oxygens (including phenoxy) is 2. The van der Waals surface area contributed by atoms with Gasteiger partial charge < -0.3 is 9.47 Å². The highest BCUT2D eigenvalue weighted by Gasteiger charge is 2.76. The number of rotatable bonds is 1. The van der Waals surface area contributed by atoms with Gasteiger partial charge in [-0.05, 0) is 18.4 Å². The van der Waals surface area contributed by atoms with E-state index in [4.69, 9.17) is 9.47 Å². The van der Waals surface area contributed by atoms with E-state index in [0.29, 0.717) is 11.5 Å². The third kappa shape index (κ3) is 2.07. The van der Waals surface area contributed by atoms with E-state index in [-0.39, 0.29) is 22.9 Å². The maximum atomic E-state index is 12.6. The Morgan fingerprint density at radius 1 is 1.16 bits per heavy atom. The van der Waals surface area contributed by atoms with E-state index in [1.165, 1.54) is 0 Å². The molecule has 1 saturated heterocycles. The predicted octanol–water partition coefficient (Wildman–Crippen LogP) is 3.67. The van der Waals surface area contributed by atoms with Crippen molar-refractivity contribution in [1.82, 2.24) is 0 Å². The molecule has 2 fully saturated rings. The fourth-order valence-corrected chi connectivity index (χ4v) is 7.79. The van der Waals surface area contributed by atoms with Crippen LogP contribution in [0, 0.1) is 16.7 Å². The number of cyclic esters (lactones) is 1. The van der Waals surface area contributed by atoms with Crippen LogP contribution < -0.4 is 0 Å². The molecule has 1 spiro atoms. The highest BCUT2D eigenvalue weighted by Crippen LogP contribution is 2.72. The Balaban J connectivity index is 2.26. The van der Waals surface area contributed by atoms with Crippen molar-refractivity contribution in [3.05, 3.63) is 0 Å². The predicted molar refractivity (Wildman–Crippen MR) is 78.6 cm³/mol. The summed E-state index contributed by atoms with van der Waals surface area (Å²) in [6, 6.07) is 0. The van der Waals surface area contributed by atoms with Crippen LogP contribution in [0.4, 0.5) is 0 Å². The highest BCUT2D eigenvalue weighted by atomic mass is 28.3. The van der Waals surface area contributed by atoms with Crippen LogP contribution in [-0.4, -0.2) is 26.4 Å². The molecular weight excluding hydrogens is 256 g/mol. The fourth-order valence-electron chi connectivity index (χ4n) is 4.06. The van der Waals surface area contributed by atoms with Crippen molar-refractivity contribution < 1.29 is 14.3 Å². The van der Waals surface area contributed by atoms with Crippen LogP contribution in [0.5, 0.6) is 0 Å². The van der Waals surface area contributed by atoms with Gasteiger partial charge in [0.1, 0.15) is 0 Å². The summed E-state index contributed by atoms with van der Waals surface area (Å²) in [6.45, 7) is 17.4. The Labute approximate surface area is 118 Å². The van der Waals surface area contributed by atoms with Gasteiger partial charge in [-0.2, -0.15) is 0 Å². The van der Waals surface area contributed by atoms with Crippen LogP contribution in [0.1, 0.15) is 34.6 Å². The molecule has 0 aromatic rings. The van der Waals surface area contributed by atoms with Crippen LogP contribution >= 0.6 is 0 Å². The number of hydrogen-bond acceptors (Lipinski definition) is 3. The average Bonchev–Trinajstić information content (AvgIpc) is 2.80. The maximum absolute atomic E-state index is 12.6. The molecule has 110 valence electrons. The van der Waals surface area contributed by atoms with Crippen LogP contribution in [0.2, 0.25) is 25.2 Å². The summed E-state index contributed by atoms with van der Waals surface area (Å²) < 4.78 is 11.7. The van der Waals surface area contributed by atoms with Crippen LogP contribution in [0.15, 0.2) is 0 Å². The zero-order valence-corrected chi connectivity index (χ0v) is 14.5. The number of esters is 1. The highest BCUT2D eigenvalue weighted by molar-refractivity contribution is 6.79.